The minimum absolute atomic E-state index is 0.123. The minimum atomic E-state index is -3.69. The molecule has 1 fully saturated rings. The predicted octanol–water partition coefficient (Wildman–Crippen LogP) is 3.71. The number of nitrogens with zero attached hydrogens (tertiary/aromatic N) is 1. The zero-order valence-corrected chi connectivity index (χ0v) is 18.9. The Hall–Kier alpha value is -2.38. The van der Waals surface area contributed by atoms with Crippen LogP contribution in [-0.4, -0.2) is 44.4 Å². The summed E-state index contributed by atoms with van der Waals surface area (Å²) < 4.78 is 28.1. The van der Waals surface area contributed by atoms with E-state index in [2.05, 4.69) is 28.8 Å². The molecular formula is C23H31N3O3S. The smallest absolute Gasteiger partial charge is 0.262 e. The number of hydrogen-bond donors (Lipinski definition) is 2. The van der Waals surface area contributed by atoms with Crippen molar-refractivity contribution in [1.29, 1.82) is 0 Å². The van der Waals surface area contributed by atoms with E-state index in [0.717, 1.165) is 31.5 Å². The molecule has 1 saturated heterocycles. The van der Waals surface area contributed by atoms with Gasteiger partial charge in [0, 0.05) is 36.4 Å². The number of carbonyl (C=O) groups is 1. The summed E-state index contributed by atoms with van der Waals surface area (Å²) in [5.41, 5.74) is 2.52. The molecule has 1 amide bonds. The average Bonchev–Trinajstić information content (AvgIpc) is 2.70. The van der Waals surface area contributed by atoms with Crippen LogP contribution >= 0.6 is 0 Å². The highest BCUT2D eigenvalue weighted by Crippen LogP contribution is 2.21. The maximum atomic E-state index is 12.7. The molecule has 0 spiro atoms. The van der Waals surface area contributed by atoms with Gasteiger partial charge >= 0.3 is 0 Å². The third kappa shape index (κ3) is 5.40. The Morgan fingerprint density at radius 1 is 1.03 bits per heavy atom. The Balaban J connectivity index is 1.62. The van der Waals surface area contributed by atoms with Crippen molar-refractivity contribution in [3.05, 3.63) is 59.2 Å². The van der Waals surface area contributed by atoms with Crippen molar-refractivity contribution in [3.63, 3.8) is 0 Å². The van der Waals surface area contributed by atoms with Gasteiger partial charge < -0.3 is 10.2 Å². The van der Waals surface area contributed by atoms with Crippen LogP contribution in [0.25, 0.3) is 0 Å². The first-order valence-electron chi connectivity index (χ1n) is 10.4. The molecule has 2 aromatic carbocycles. The van der Waals surface area contributed by atoms with Crippen LogP contribution in [0.1, 0.15) is 48.2 Å². The first-order valence-corrected chi connectivity index (χ1v) is 11.9. The molecule has 0 atom stereocenters. The van der Waals surface area contributed by atoms with Crippen molar-refractivity contribution in [1.82, 2.24) is 10.2 Å². The molecule has 0 unspecified atom stereocenters. The van der Waals surface area contributed by atoms with Gasteiger partial charge in [-0.05, 0) is 82.0 Å². The molecule has 1 aliphatic rings. The fourth-order valence-electron chi connectivity index (χ4n) is 3.73. The summed E-state index contributed by atoms with van der Waals surface area (Å²) in [6, 6.07) is 12.6. The minimum Gasteiger partial charge on any atom is -0.349 e. The molecule has 30 heavy (non-hydrogen) atoms. The van der Waals surface area contributed by atoms with Gasteiger partial charge in [0.1, 0.15) is 0 Å². The van der Waals surface area contributed by atoms with Crippen LogP contribution in [0.5, 0.6) is 0 Å². The van der Waals surface area contributed by atoms with Crippen molar-refractivity contribution in [2.75, 3.05) is 17.8 Å². The number of amides is 1. The van der Waals surface area contributed by atoms with Crippen LogP contribution in [0.3, 0.4) is 0 Å². The number of hydrogen-bond acceptors (Lipinski definition) is 4. The number of anilines is 1. The molecule has 0 radical (unpaired) electrons. The lowest BCUT2D eigenvalue weighted by molar-refractivity contribution is 0.0900. The highest BCUT2D eigenvalue weighted by atomic mass is 32.2. The molecule has 2 aromatic rings. The van der Waals surface area contributed by atoms with Gasteiger partial charge in [0.15, 0.2) is 0 Å². The monoisotopic (exact) mass is 429 g/mol. The lowest BCUT2D eigenvalue weighted by atomic mass is 10.0. The van der Waals surface area contributed by atoms with Crippen LogP contribution < -0.4 is 10.0 Å². The summed E-state index contributed by atoms with van der Waals surface area (Å²) in [5.74, 6) is -0.123. The first-order chi connectivity index (χ1) is 14.2. The normalized spacial score (nSPS) is 15.9. The van der Waals surface area contributed by atoms with Gasteiger partial charge in [0.25, 0.3) is 15.9 Å². The fourth-order valence-corrected chi connectivity index (χ4v) is 5.11. The number of sulfonamides is 1. The topological polar surface area (TPSA) is 78.5 Å². The Bertz CT molecular complexity index is 993. The average molecular weight is 430 g/mol. The van der Waals surface area contributed by atoms with Crippen molar-refractivity contribution in [2.45, 2.75) is 57.5 Å². The summed E-state index contributed by atoms with van der Waals surface area (Å²) in [6.45, 7) is 9.99. The van der Waals surface area contributed by atoms with Gasteiger partial charge in [-0.1, -0.05) is 12.1 Å². The molecule has 0 bridgehead atoms. The number of nitrogens with one attached hydrogen (secondary N) is 2. The van der Waals surface area contributed by atoms with Crippen molar-refractivity contribution in [3.8, 4) is 0 Å². The largest absolute Gasteiger partial charge is 0.349 e. The zero-order valence-electron chi connectivity index (χ0n) is 18.1. The highest BCUT2D eigenvalue weighted by molar-refractivity contribution is 7.92. The quantitative estimate of drug-likeness (QED) is 0.734. The third-order valence-corrected chi connectivity index (χ3v) is 7.15. The van der Waals surface area contributed by atoms with Gasteiger partial charge in [-0.25, -0.2) is 8.42 Å². The maximum absolute atomic E-state index is 12.7. The lowest BCUT2D eigenvalue weighted by Crippen LogP contribution is -2.46. The summed E-state index contributed by atoms with van der Waals surface area (Å²) in [4.78, 5) is 15.2. The van der Waals surface area contributed by atoms with Crippen LogP contribution in [0.15, 0.2) is 47.4 Å². The van der Waals surface area contributed by atoms with E-state index in [9.17, 15) is 13.2 Å². The van der Waals surface area contributed by atoms with E-state index < -0.39 is 10.0 Å². The van der Waals surface area contributed by atoms with E-state index in [-0.39, 0.29) is 16.8 Å². The second-order valence-corrected chi connectivity index (χ2v) is 9.98. The lowest BCUT2D eigenvalue weighted by Gasteiger charge is -2.34. The van der Waals surface area contributed by atoms with Gasteiger partial charge in [-0.15, -0.1) is 0 Å². The van der Waals surface area contributed by atoms with Gasteiger partial charge in [0.2, 0.25) is 0 Å². The van der Waals surface area contributed by atoms with Gasteiger partial charge in [-0.2, -0.15) is 0 Å². The number of carbonyl (C=O) groups excluding carboxylic acids is 1. The molecule has 0 aliphatic carbocycles. The molecular weight excluding hydrogens is 398 g/mol. The zero-order chi connectivity index (χ0) is 21.9. The molecule has 162 valence electrons. The van der Waals surface area contributed by atoms with Gasteiger partial charge in [0.05, 0.1) is 4.90 Å². The second kappa shape index (κ2) is 9.18. The summed E-state index contributed by atoms with van der Waals surface area (Å²) in [5, 5.41) is 3.10. The number of aryl methyl sites for hydroxylation is 2. The Kier molecular flexibility index (Phi) is 6.83. The molecule has 0 aromatic heterocycles. The predicted molar refractivity (Wildman–Crippen MR) is 120 cm³/mol. The van der Waals surface area contributed by atoms with Crippen LogP contribution in [0, 0.1) is 13.8 Å². The molecule has 7 heteroatoms. The molecule has 1 heterocycles. The van der Waals surface area contributed by atoms with Crippen LogP contribution in [0.2, 0.25) is 0 Å². The molecule has 2 N–H and O–H groups in total. The van der Waals surface area contributed by atoms with Crippen LogP contribution in [-0.2, 0) is 10.0 Å². The van der Waals surface area contributed by atoms with E-state index in [1.807, 2.05) is 13.0 Å². The molecule has 1 aliphatic heterocycles. The Labute approximate surface area is 179 Å². The Morgan fingerprint density at radius 3 is 2.27 bits per heavy atom. The summed E-state index contributed by atoms with van der Waals surface area (Å²) in [6.07, 6.45) is 1.88. The first kappa shape index (κ1) is 22.3. The summed E-state index contributed by atoms with van der Waals surface area (Å²) in [7, 11) is -3.69. The van der Waals surface area contributed by atoms with E-state index in [1.54, 1.807) is 43.3 Å². The summed E-state index contributed by atoms with van der Waals surface area (Å²) >= 11 is 0. The molecule has 0 saturated carbocycles. The van der Waals surface area contributed by atoms with Crippen molar-refractivity contribution < 1.29 is 13.2 Å². The van der Waals surface area contributed by atoms with E-state index in [4.69, 9.17) is 0 Å². The standard InChI is InChI=1S/C23H31N3O3S/c1-16(2)26-13-11-20(12-14-26)24-23(27)19-7-9-21(10-8-19)25-30(28,29)22-15-17(3)5-6-18(22)4/h5-10,15-16,20,25H,11-14H2,1-4H3,(H,24,27). The third-order valence-electron chi connectivity index (χ3n) is 5.63. The second-order valence-electron chi connectivity index (χ2n) is 8.33. The highest BCUT2D eigenvalue weighted by Gasteiger charge is 2.22. The van der Waals surface area contributed by atoms with Crippen molar-refractivity contribution in [2.24, 2.45) is 0 Å². The molecule has 6 nitrogen and oxygen atoms in total. The fraction of sp³-hybridized carbons (Fsp3) is 0.435. The number of likely N-dealkylation sites (tertiary alicyclic amines) is 1. The van der Waals surface area contributed by atoms with E-state index in [1.165, 1.54) is 0 Å². The van der Waals surface area contributed by atoms with Crippen molar-refractivity contribution >= 4 is 21.6 Å². The maximum Gasteiger partial charge on any atom is 0.262 e. The SMILES string of the molecule is Cc1ccc(C)c(S(=O)(=O)Nc2ccc(C(=O)NC3CCN(C(C)C)CC3)cc2)c1. The number of rotatable bonds is 6. The number of piperidine rings is 1. The Morgan fingerprint density at radius 2 is 1.67 bits per heavy atom. The van der Waals surface area contributed by atoms with Gasteiger partial charge in [-0.3, -0.25) is 9.52 Å². The van der Waals surface area contributed by atoms with E-state index in [0.29, 0.717) is 22.9 Å². The van der Waals surface area contributed by atoms with Crippen LogP contribution in [0.4, 0.5) is 5.69 Å². The molecule has 3 rings (SSSR count). The number of benzene rings is 2. The van der Waals surface area contributed by atoms with E-state index >= 15 is 0 Å².